The van der Waals surface area contributed by atoms with E-state index in [-0.39, 0.29) is 30.0 Å². The van der Waals surface area contributed by atoms with Gasteiger partial charge in [-0.25, -0.2) is 0 Å². The van der Waals surface area contributed by atoms with Crippen molar-refractivity contribution in [3.8, 4) is 5.75 Å². The monoisotopic (exact) mass is 476 g/mol. The van der Waals surface area contributed by atoms with Crippen LogP contribution in [0.5, 0.6) is 5.75 Å². The number of rotatable bonds is 6. The molecule has 0 aliphatic heterocycles. The molecule has 0 fully saturated rings. The summed E-state index contributed by atoms with van der Waals surface area (Å²) in [6, 6.07) is 18.7. The summed E-state index contributed by atoms with van der Waals surface area (Å²) in [4.78, 5) is 8.34. The molecule has 0 radical (unpaired) electrons. The van der Waals surface area contributed by atoms with E-state index in [9.17, 15) is 0 Å². The fourth-order valence-electron chi connectivity index (χ4n) is 2.88. The minimum atomic E-state index is 0. The second kappa shape index (κ2) is 10.7. The Labute approximate surface area is 177 Å². The number of fused-ring (bicyclic) bond motifs is 1. The Balaban J connectivity index is 0.00000261. The van der Waals surface area contributed by atoms with Crippen LogP contribution in [0, 0.1) is 0 Å². The van der Waals surface area contributed by atoms with E-state index < -0.39 is 0 Å². The number of hydrogen-bond donors (Lipinski definition) is 2. The van der Waals surface area contributed by atoms with Crippen LogP contribution in [0.25, 0.3) is 10.8 Å². The van der Waals surface area contributed by atoms with E-state index in [1.54, 1.807) is 19.4 Å². The Morgan fingerprint density at radius 3 is 2.70 bits per heavy atom. The van der Waals surface area contributed by atoms with E-state index in [4.69, 9.17) is 4.74 Å². The zero-order valence-electron chi connectivity index (χ0n) is 15.6. The molecule has 0 saturated carbocycles. The third-order valence-electron chi connectivity index (χ3n) is 4.16. The normalized spacial score (nSPS) is 12.1. The van der Waals surface area contributed by atoms with Gasteiger partial charge in [-0.3, -0.25) is 9.98 Å². The molecule has 0 aliphatic carbocycles. The van der Waals surface area contributed by atoms with Gasteiger partial charge in [0, 0.05) is 13.2 Å². The predicted octanol–water partition coefficient (Wildman–Crippen LogP) is 4.16. The van der Waals surface area contributed by atoms with Gasteiger partial charge in [-0.2, -0.15) is 0 Å². The third-order valence-corrected chi connectivity index (χ3v) is 4.16. The number of aliphatic imine (C=N–C) groups is 1. The highest BCUT2D eigenvalue weighted by Crippen LogP contribution is 2.23. The minimum absolute atomic E-state index is 0. The topological polar surface area (TPSA) is 58.5 Å². The van der Waals surface area contributed by atoms with Gasteiger partial charge in [-0.05, 0) is 35.4 Å². The predicted molar refractivity (Wildman–Crippen MR) is 122 cm³/mol. The molecule has 3 rings (SSSR count). The molecule has 0 bridgehead atoms. The van der Waals surface area contributed by atoms with Gasteiger partial charge >= 0.3 is 0 Å². The van der Waals surface area contributed by atoms with Gasteiger partial charge in [0.15, 0.2) is 5.96 Å². The molecule has 5 nitrogen and oxygen atoms in total. The van der Waals surface area contributed by atoms with Gasteiger partial charge in [-0.1, -0.05) is 42.5 Å². The van der Waals surface area contributed by atoms with Gasteiger partial charge in [-0.15, -0.1) is 24.0 Å². The number of nitrogens with zero attached hydrogens (tertiary/aromatic N) is 2. The molecule has 0 amide bonds. The van der Waals surface area contributed by atoms with Crippen LogP contribution in [0.3, 0.4) is 0 Å². The zero-order chi connectivity index (χ0) is 18.2. The standard InChI is InChI=1S/C21H24N4O.HI/c1-16(19-11-5-8-17-7-3-4-10-20(17)19)25-21(22-2)24-13-14-26-18-9-6-12-23-15-18;/h3-12,15-16H,13-14H2,1-2H3,(H2,22,24,25);1H. The Morgan fingerprint density at radius 2 is 1.93 bits per heavy atom. The molecule has 1 unspecified atom stereocenters. The maximum atomic E-state index is 5.64. The second-order valence-electron chi connectivity index (χ2n) is 5.97. The Kier molecular flexibility index (Phi) is 8.32. The Hall–Kier alpha value is -2.35. The van der Waals surface area contributed by atoms with E-state index in [2.05, 4.69) is 70.0 Å². The van der Waals surface area contributed by atoms with Crippen molar-refractivity contribution in [3.05, 3.63) is 72.6 Å². The van der Waals surface area contributed by atoms with Gasteiger partial charge < -0.3 is 15.4 Å². The number of hydrogen-bond acceptors (Lipinski definition) is 3. The van der Waals surface area contributed by atoms with E-state index >= 15 is 0 Å². The Bertz CT molecular complexity index is 865. The van der Waals surface area contributed by atoms with Crippen LogP contribution >= 0.6 is 24.0 Å². The van der Waals surface area contributed by atoms with Crippen LogP contribution in [0.1, 0.15) is 18.5 Å². The highest BCUT2D eigenvalue weighted by Gasteiger charge is 2.10. The average Bonchev–Trinajstić information content (AvgIpc) is 2.70. The first-order valence-electron chi connectivity index (χ1n) is 8.75. The maximum Gasteiger partial charge on any atom is 0.191 e. The fraction of sp³-hybridized carbons (Fsp3) is 0.238. The number of nitrogens with one attached hydrogen (secondary N) is 2. The lowest BCUT2D eigenvalue weighted by molar-refractivity contribution is 0.320. The van der Waals surface area contributed by atoms with Gasteiger partial charge in [0.2, 0.25) is 0 Å². The molecule has 3 aromatic rings. The number of ether oxygens (including phenoxy) is 1. The van der Waals surface area contributed by atoms with Crippen LogP contribution in [0.4, 0.5) is 0 Å². The zero-order valence-corrected chi connectivity index (χ0v) is 17.9. The summed E-state index contributed by atoms with van der Waals surface area (Å²) in [6.07, 6.45) is 3.43. The fourth-order valence-corrected chi connectivity index (χ4v) is 2.88. The largest absolute Gasteiger partial charge is 0.490 e. The van der Waals surface area contributed by atoms with Crippen molar-refractivity contribution < 1.29 is 4.74 Å². The summed E-state index contributed by atoms with van der Waals surface area (Å²) in [7, 11) is 1.77. The number of benzene rings is 2. The molecular weight excluding hydrogens is 451 g/mol. The first-order chi connectivity index (χ1) is 12.8. The van der Waals surface area contributed by atoms with Crippen LogP contribution in [0.2, 0.25) is 0 Å². The highest BCUT2D eigenvalue weighted by atomic mass is 127. The number of halogens is 1. The third kappa shape index (κ3) is 5.82. The first kappa shape index (κ1) is 21.0. The molecule has 0 spiro atoms. The molecule has 1 heterocycles. The summed E-state index contributed by atoms with van der Waals surface area (Å²) >= 11 is 0. The lowest BCUT2D eigenvalue weighted by Gasteiger charge is -2.20. The lowest BCUT2D eigenvalue weighted by atomic mass is 10.00. The SMILES string of the molecule is CN=C(NCCOc1cccnc1)NC(C)c1cccc2ccccc12.I. The summed E-state index contributed by atoms with van der Waals surface area (Å²) < 4.78 is 5.64. The molecule has 1 atom stereocenters. The Morgan fingerprint density at radius 1 is 1.11 bits per heavy atom. The van der Waals surface area contributed by atoms with Crippen molar-refractivity contribution in [2.24, 2.45) is 4.99 Å². The summed E-state index contributed by atoms with van der Waals surface area (Å²) in [5.41, 5.74) is 1.25. The summed E-state index contributed by atoms with van der Waals surface area (Å²) in [6.45, 7) is 3.33. The smallest absolute Gasteiger partial charge is 0.191 e. The average molecular weight is 476 g/mol. The molecule has 0 aliphatic rings. The highest BCUT2D eigenvalue weighted by molar-refractivity contribution is 14.0. The molecule has 1 aromatic heterocycles. The van der Waals surface area contributed by atoms with Crippen LogP contribution in [-0.4, -0.2) is 31.1 Å². The van der Waals surface area contributed by atoms with E-state index in [0.29, 0.717) is 13.2 Å². The molecular formula is C21H25IN4O. The first-order valence-corrected chi connectivity index (χ1v) is 8.75. The quantitative estimate of drug-likeness (QED) is 0.243. The number of pyridine rings is 1. The van der Waals surface area contributed by atoms with Crippen molar-refractivity contribution in [1.29, 1.82) is 0 Å². The van der Waals surface area contributed by atoms with Crippen LogP contribution in [-0.2, 0) is 0 Å². The summed E-state index contributed by atoms with van der Waals surface area (Å²) in [5.74, 6) is 1.52. The molecule has 0 saturated heterocycles. The van der Waals surface area contributed by atoms with Gasteiger partial charge in [0.1, 0.15) is 12.4 Å². The lowest BCUT2D eigenvalue weighted by Crippen LogP contribution is -2.40. The molecule has 2 aromatic carbocycles. The van der Waals surface area contributed by atoms with Gasteiger partial charge in [0.05, 0.1) is 18.8 Å². The van der Waals surface area contributed by atoms with Crippen molar-refractivity contribution in [3.63, 3.8) is 0 Å². The van der Waals surface area contributed by atoms with E-state index in [0.717, 1.165) is 11.7 Å². The van der Waals surface area contributed by atoms with Crippen LogP contribution in [0.15, 0.2) is 72.0 Å². The maximum absolute atomic E-state index is 5.64. The van der Waals surface area contributed by atoms with Crippen LogP contribution < -0.4 is 15.4 Å². The molecule has 2 N–H and O–H groups in total. The molecule has 27 heavy (non-hydrogen) atoms. The van der Waals surface area contributed by atoms with Crippen molar-refractivity contribution in [1.82, 2.24) is 15.6 Å². The number of aromatic nitrogens is 1. The minimum Gasteiger partial charge on any atom is -0.490 e. The number of guanidine groups is 1. The van der Waals surface area contributed by atoms with E-state index in [1.807, 2.05) is 12.1 Å². The van der Waals surface area contributed by atoms with Gasteiger partial charge in [0.25, 0.3) is 0 Å². The van der Waals surface area contributed by atoms with Crippen molar-refractivity contribution >= 4 is 40.7 Å². The summed E-state index contributed by atoms with van der Waals surface area (Å²) in [5, 5.41) is 9.22. The van der Waals surface area contributed by atoms with E-state index in [1.165, 1.54) is 16.3 Å². The molecule has 6 heteroatoms. The second-order valence-corrected chi connectivity index (χ2v) is 5.97. The van der Waals surface area contributed by atoms with Crippen molar-refractivity contribution in [2.45, 2.75) is 13.0 Å². The molecule has 142 valence electrons. The van der Waals surface area contributed by atoms with Crippen molar-refractivity contribution in [2.75, 3.05) is 20.2 Å².